The first-order chi connectivity index (χ1) is 7.66. The molecule has 0 heterocycles. The predicted octanol–water partition coefficient (Wildman–Crippen LogP) is -1.04. The number of amides is 2. The number of nitrogens with zero attached hydrogens (tertiary/aromatic N) is 2. The van der Waals surface area contributed by atoms with E-state index >= 15 is 0 Å². The molecule has 0 aromatic carbocycles. The Labute approximate surface area is 94.9 Å². The van der Waals surface area contributed by atoms with Crippen LogP contribution in [0.2, 0.25) is 0 Å². The summed E-state index contributed by atoms with van der Waals surface area (Å²) in [5, 5.41) is 8.35. The van der Waals surface area contributed by atoms with Gasteiger partial charge in [0.05, 0.1) is 19.2 Å². The van der Waals surface area contributed by atoms with Crippen LogP contribution in [0.4, 0.5) is 13.2 Å². The van der Waals surface area contributed by atoms with Crippen molar-refractivity contribution in [2.45, 2.75) is 6.18 Å². The lowest BCUT2D eigenvalue weighted by Gasteiger charge is -2.22. The smallest absolute Gasteiger partial charge is 0.369 e. The second-order valence-electron chi connectivity index (χ2n) is 3.33. The SMILES string of the molecule is N#CC(CN(CC(N)=O)CC(N)=O)C(F)(F)F. The zero-order valence-electron chi connectivity index (χ0n) is 8.70. The number of alkyl halides is 3. The molecule has 0 fully saturated rings. The first-order valence-corrected chi connectivity index (χ1v) is 4.42. The topological polar surface area (TPSA) is 113 Å². The fourth-order valence-electron chi connectivity index (χ4n) is 1.10. The average molecular weight is 252 g/mol. The van der Waals surface area contributed by atoms with E-state index in [9.17, 15) is 22.8 Å². The zero-order chi connectivity index (χ0) is 13.6. The Balaban J connectivity index is 4.66. The molecule has 0 bridgehead atoms. The third-order valence-electron chi connectivity index (χ3n) is 1.75. The van der Waals surface area contributed by atoms with Gasteiger partial charge in [-0.3, -0.25) is 14.5 Å². The van der Waals surface area contributed by atoms with E-state index in [0.29, 0.717) is 0 Å². The molecule has 0 aromatic rings. The van der Waals surface area contributed by atoms with E-state index in [2.05, 4.69) is 0 Å². The van der Waals surface area contributed by atoms with E-state index in [4.69, 9.17) is 16.7 Å². The van der Waals surface area contributed by atoms with Crippen molar-refractivity contribution < 1.29 is 22.8 Å². The van der Waals surface area contributed by atoms with Crippen LogP contribution in [0, 0.1) is 17.2 Å². The van der Waals surface area contributed by atoms with Gasteiger partial charge in [-0.2, -0.15) is 18.4 Å². The Morgan fingerprint density at radius 2 is 1.65 bits per heavy atom. The van der Waals surface area contributed by atoms with Crippen molar-refractivity contribution in [2.24, 2.45) is 17.4 Å². The summed E-state index contributed by atoms with van der Waals surface area (Å²) in [5.41, 5.74) is 9.60. The van der Waals surface area contributed by atoms with Gasteiger partial charge in [0.25, 0.3) is 0 Å². The van der Waals surface area contributed by atoms with E-state index in [-0.39, 0.29) is 0 Å². The molecule has 0 aromatic heterocycles. The minimum atomic E-state index is -4.73. The zero-order valence-corrected chi connectivity index (χ0v) is 8.70. The summed E-state index contributed by atoms with van der Waals surface area (Å²) in [6, 6.07) is 1.05. The summed E-state index contributed by atoms with van der Waals surface area (Å²) in [7, 11) is 0. The lowest BCUT2D eigenvalue weighted by atomic mass is 10.1. The van der Waals surface area contributed by atoms with Crippen LogP contribution in [-0.2, 0) is 9.59 Å². The highest BCUT2D eigenvalue weighted by Crippen LogP contribution is 2.26. The van der Waals surface area contributed by atoms with Crippen molar-refractivity contribution in [2.75, 3.05) is 19.6 Å². The van der Waals surface area contributed by atoms with Crippen LogP contribution >= 0.6 is 0 Å². The largest absolute Gasteiger partial charge is 0.405 e. The van der Waals surface area contributed by atoms with Crippen molar-refractivity contribution in [1.29, 1.82) is 5.26 Å². The van der Waals surface area contributed by atoms with Gasteiger partial charge in [-0.1, -0.05) is 0 Å². The predicted molar refractivity (Wildman–Crippen MR) is 50.0 cm³/mol. The lowest BCUT2D eigenvalue weighted by molar-refractivity contribution is -0.164. The Morgan fingerprint density at radius 3 is 1.88 bits per heavy atom. The Hall–Kier alpha value is -1.82. The Morgan fingerprint density at radius 1 is 1.24 bits per heavy atom. The van der Waals surface area contributed by atoms with Crippen molar-refractivity contribution >= 4 is 11.8 Å². The molecular weight excluding hydrogens is 241 g/mol. The third-order valence-corrected chi connectivity index (χ3v) is 1.75. The highest BCUT2D eigenvalue weighted by molar-refractivity contribution is 5.79. The molecule has 1 atom stereocenters. The first kappa shape index (κ1) is 15.2. The van der Waals surface area contributed by atoms with E-state index < -0.39 is 43.5 Å². The van der Waals surface area contributed by atoms with Gasteiger partial charge in [0.2, 0.25) is 11.8 Å². The second-order valence-corrected chi connectivity index (χ2v) is 3.33. The number of halogens is 3. The number of carbonyl (C=O) groups excluding carboxylic acids is 2. The summed E-state index contributed by atoms with van der Waals surface area (Å²) in [6.07, 6.45) is -4.73. The fraction of sp³-hybridized carbons (Fsp3) is 0.625. The lowest BCUT2D eigenvalue weighted by Crippen LogP contribution is -2.44. The molecule has 0 aliphatic carbocycles. The van der Waals surface area contributed by atoms with Gasteiger partial charge in [0, 0.05) is 6.54 Å². The summed E-state index contributed by atoms with van der Waals surface area (Å²) in [5.74, 6) is -4.13. The van der Waals surface area contributed by atoms with Crippen molar-refractivity contribution in [3.63, 3.8) is 0 Å². The second kappa shape index (κ2) is 6.05. The molecule has 0 aliphatic heterocycles. The van der Waals surface area contributed by atoms with Crippen LogP contribution < -0.4 is 11.5 Å². The summed E-state index contributed by atoms with van der Waals surface area (Å²) >= 11 is 0. The standard InChI is InChI=1S/C8H11F3N4O2/c9-8(10,11)5(1-12)2-15(3-6(13)16)4-7(14)17/h5H,2-4H2,(H2,13,16)(H2,14,17). The van der Waals surface area contributed by atoms with Gasteiger partial charge >= 0.3 is 6.18 Å². The van der Waals surface area contributed by atoms with Crippen molar-refractivity contribution in [3.8, 4) is 6.07 Å². The van der Waals surface area contributed by atoms with Crippen LogP contribution in [-0.4, -0.2) is 42.5 Å². The number of rotatable bonds is 6. The maximum Gasteiger partial charge on any atom is 0.405 e. The highest BCUT2D eigenvalue weighted by atomic mass is 19.4. The molecule has 4 N–H and O–H groups in total. The van der Waals surface area contributed by atoms with E-state index in [1.165, 1.54) is 0 Å². The van der Waals surface area contributed by atoms with E-state index in [0.717, 1.165) is 11.0 Å². The maximum atomic E-state index is 12.3. The van der Waals surface area contributed by atoms with Crippen LogP contribution in [0.25, 0.3) is 0 Å². The van der Waals surface area contributed by atoms with Gasteiger partial charge in [-0.25, -0.2) is 0 Å². The number of carbonyl (C=O) groups is 2. The highest BCUT2D eigenvalue weighted by Gasteiger charge is 2.41. The molecule has 96 valence electrons. The van der Waals surface area contributed by atoms with Gasteiger partial charge < -0.3 is 11.5 Å². The molecule has 0 aliphatic rings. The number of primary amides is 2. The molecule has 0 saturated heterocycles. The first-order valence-electron chi connectivity index (χ1n) is 4.42. The van der Waals surface area contributed by atoms with Gasteiger partial charge in [0.1, 0.15) is 0 Å². The average Bonchev–Trinajstić information content (AvgIpc) is 2.09. The molecule has 0 rings (SSSR count). The quantitative estimate of drug-likeness (QED) is 0.628. The molecule has 0 saturated carbocycles. The molecular formula is C8H11F3N4O2. The minimum Gasteiger partial charge on any atom is -0.369 e. The number of hydrogen-bond donors (Lipinski definition) is 2. The molecule has 0 spiro atoms. The number of nitrogens with two attached hydrogens (primary N) is 2. The van der Waals surface area contributed by atoms with Crippen LogP contribution in [0.15, 0.2) is 0 Å². The molecule has 2 amide bonds. The van der Waals surface area contributed by atoms with Crippen molar-refractivity contribution in [3.05, 3.63) is 0 Å². The number of nitriles is 1. The Bertz CT molecular complexity index is 321. The fourth-order valence-corrected chi connectivity index (χ4v) is 1.10. The molecule has 0 radical (unpaired) electrons. The van der Waals surface area contributed by atoms with Crippen LogP contribution in [0.5, 0.6) is 0 Å². The van der Waals surface area contributed by atoms with E-state index in [1.807, 2.05) is 0 Å². The van der Waals surface area contributed by atoms with E-state index in [1.54, 1.807) is 0 Å². The van der Waals surface area contributed by atoms with Crippen molar-refractivity contribution in [1.82, 2.24) is 4.90 Å². The molecule has 6 nitrogen and oxygen atoms in total. The number of hydrogen-bond acceptors (Lipinski definition) is 4. The minimum absolute atomic E-state index is 0.572. The summed E-state index contributed by atoms with van der Waals surface area (Å²) in [4.78, 5) is 21.9. The van der Waals surface area contributed by atoms with Crippen LogP contribution in [0.3, 0.4) is 0 Å². The molecule has 1 unspecified atom stereocenters. The van der Waals surface area contributed by atoms with Gasteiger partial charge in [-0.05, 0) is 0 Å². The molecule has 9 heteroatoms. The van der Waals surface area contributed by atoms with Gasteiger partial charge in [-0.15, -0.1) is 0 Å². The third kappa shape index (κ3) is 6.36. The summed E-state index contributed by atoms with van der Waals surface area (Å²) < 4.78 is 36.8. The van der Waals surface area contributed by atoms with Gasteiger partial charge in [0.15, 0.2) is 5.92 Å². The monoisotopic (exact) mass is 252 g/mol. The molecule has 17 heavy (non-hydrogen) atoms. The summed E-state index contributed by atoms with van der Waals surface area (Å²) in [6.45, 7) is -1.97. The normalized spacial score (nSPS) is 13.1. The van der Waals surface area contributed by atoms with Crippen LogP contribution in [0.1, 0.15) is 0 Å². The Kier molecular flexibility index (Phi) is 5.40. The maximum absolute atomic E-state index is 12.3.